The van der Waals surface area contributed by atoms with E-state index in [0.717, 1.165) is 42.8 Å². The van der Waals surface area contributed by atoms with Crippen molar-refractivity contribution in [1.29, 1.82) is 0 Å². The Kier molecular flexibility index (Phi) is 15.8. The van der Waals surface area contributed by atoms with Crippen LogP contribution in [0.5, 0.6) is 0 Å². The lowest BCUT2D eigenvalue weighted by molar-refractivity contribution is -0.181. The van der Waals surface area contributed by atoms with Crippen molar-refractivity contribution >= 4 is 11.5 Å². The van der Waals surface area contributed by atoms with Crippen LogP contribution >= 0.6 is 0 Å². The summed E-state index contributed by atoms with van der Waals surface area (Å²) in [5.41, 5.74) is 6.52. The van der Waals surface area contributed by atoms with Gasteiger partial charge in [-0.1, -0.05) is 84.2 Å². The number of anilines is 1. The van der Waals surface area contributed by atoms with Crippen LogP contribution in [0, 0.1) is 17.8 Å². The predicted octanol–water partition coefficient (Wildman–Crippen LogP) is 9.02. The monoisotopic (exact) mass is 599 g/mol. The Balaban J connectivity index is 0. The predicted molar refractivity (Wildman–Crippen MR) is 174 cm³/mol. The molecule has 0 aromatic heterocycles. The smallest absolute Gasteiger partial charge is 0.156 e. The molecule has 4 aliphatic rings. The first kappa shape index (κ1) is 39.8. The van der Waals surface area contributed by atoms with Gasteiger partial charge in [-0.15, -0.1) is 0 Å². The molecule has 244 valence electrons. The molecule has 42 heavy (non-hydrogen) atoms. The molecule has 2 heterocycles. The number of benzene rings is 1. The molecule has 8 heteroatoms. The van der Waals surface area contributed by atoms with E-state index in [1.165, 1.54) is 36.0 Å². The van der Waals surface area contributed by atoms with Gasteiger partial charge in [-0.3, -0.25) is 14.4 Å². The maximum atomic E-state index is 11.3. The third kappa shape index (κ3) is 8.48. The summed E-state index contributed by atoms with van der Waals surface area (Å²) in [4.78, 5) is 15.8. The minimum absolute atomic E-state index is 0. The molecule has 2 aliphatic carbocycles. The van der Waals surface area contributed by atoms with E-state index in [4.69, 9.17) is 9.15 Å². The van der Waals surface area contributed by atoms with Gasteiger partial charge in [-0.25, -0.2) is 4.90 Å². The van der Waals surface area contributed by atoms with Crippen molar-refractivity contribution in [3.63, 3.8) is 0 Å². The second-order valence-electron chi connectivity index (χ2n) is 12.3. The number of nitrogens with zero attached hydrogens (tertiary/aromatic N) is 2. The largest absolute Gasteiger partial charge is 0.371 e. The first-order valence-corrected chi connectivity index (χ1v) is 15.4. The van der Waals surface area contributed by atoms with E-state index in [1.54, 1.807) is 6.92 Å². The molecule has 2 atom stereocenters. The Labute approximate surface area is 255 Å². The maximum Gasteiger partial charge on any atom is 0.156 e. The fraction of sp³-hybridized carbons (Fsp3) is 0.676. The number of hydrogen-bond acceptors (Lipinski definition) is 5. The van der Waals surface area contributed by atoms with Gasteiger partial charge in [0.1, 0.15) is 12.0 Å². The van der Waals surface area contributed by atoms with Crippen LogP contribution in [-0.4, -0.2) is 47.1 Å². The summed E-state index contributed by atoms with van der Waals surface area (Å²) >= 11 is 0. The number of halogens is 3. The average Bonchev–Trinajstić information content (AvgIpc) is 2.90. The molecule has 1 aromatic carbocycles. The Morgan fingerprint density at radius 2 is 1.64 bits per heavy atom. The van der Waals surface area contributed by atoms with Crippen LogP contribution in [-0.2, 0) is 16.9 Å². The van der Waals surface area contributed by atoms with E-state index >= 15 is 0 Å². The zero-order valence-corrected chi connectivity index (χ0v) is 28.3. The average molecular weight is 600 g/mol. The van der Waals surface area contributed by atoms with Gasteiger partial charge in [0.15, 0.2) is 5.78 Å². The minimum Gasteiger partial charge on any atom is -0.371 e. The first-order chi connectivity index (χ1) is 19.3. The van der Waals surface area contributed by atoms with E-state index in [0.29, 0.717) is 5.41 Å². The van der Waals surface area contributed by atoms with Gasteiger partial charge in [0.2, 0.25) is 0 Å². The van der Waals surface area contributed by atoms with Crippen LogP contribution in [0.1, 0.15) is 113 Å². The number of carbonyl (C=O) groups excluding carboxylic acids is 1. The molecule has 5 rings (SSSR count). The van der Waals surface area contributed by atoms with Crippen molar-refractivity contribution < 1.29 is 25.2 Å². The first-order valence-electron chi connectivity index (χ1n) is 15.4. The molecule has 5 nitrogen and oxygen atoms in total. The highest BCUT2D eigenvalue weighted by Gasteiger charge is 2.53. The molecule has 2 fully saturated rings. The highest BCUT2D eigenvalue weighted by molar-refractivity contribution is 5.95. The highest BCUT2D eigenvalue weighted by atomic mass is 20.0. The summed E-state index contributed by atoms with van der Waals surface area (Å²) in [5.74, 6) is 0.201. The molecular weight excluding hydrogens is 539 g/mol. The number of hydrogen-bond donors (Lipinski definition) is 2. The van der Waals surface area contributed by atoms with Crippen molar-refractivity contribution in [2.45, 2.75) is 120 Å². The molecule has 1 saturated heterocycles. The van der Waals surface area contributed by atoms with Crippen LogP contribution in [0.2, 0.25) is 0 Å². The number of likely N-dealkylation sites (tertiary alicyclic amines) is 1. The Morgan fingerprint density at radius 1 is 1.10 bits per heavy atom. The lowest BCUT2D eigenvalue weighted by Crippen LogP contribution is -2.70. The molecule has 1 saturated carbocycles. The van der Waals surface area contributed by atoms with E-state index in [-0.39, 0.29) is 23.6 Å². The maximum absolute atomic E-state index is 11.3. The normalized spacial score (nSPS) is 24.5. The lowest BCUT2D eigenvalue weighted by atomic mass is 9.63. The second-order valence-corrected chi connectivity index (χ2v) is 12.3. The van der Waals surface area contributed by atoms with Crippen molar-refractivity contribution in [2.24, 2.45) is 10.8 Å². The van der Waals surface area contributed by atoms with Gasteiger partial charge in [-0.2, -0.15) is 0 Å². The minimum atomic E-state index is -0.941. The van der Waals surface area contributed by atoms with Gasteiger partial charge >= 0.3 is 0 Å². The number of aliphatic hydroxyl groups is 1. The summed E-state index contributed by atoms with van der Waals surface area (Å²) in [6, 6.07) is 4.37. The summed E-state index contributed by atoms with van der Waals surface area (Å²) in [6.07, 6.45) is 10.4. The number of aryl methyl sites for hydroxylation is 2. The number of allylic oxidation sites excluding steroid dienone is 4. The van der Waals surface area contributed by atoms with Crippen molar-refractivity contribution in [2.75, 3.05) is 25.5 Å². The molecule has 1 aromatic rings. The Bertz CT molecular complexity index is 1080. The third-order valence-electron chi connectivity index (χ3n) is 8.83. The molecule has 2 N–H and O–H groups in total. The molecule has 0 amide bonds. The molecule has 2 aliphatic heterocycles. The van der Waals surface area contributed by atoms with Gasteiger partial charge < -0.3 is 10.4 Å². The van der Waals surface area contributed by atoms with E-state index in [9.17, 15) is 9.90 Å². The lowest BCUT2D eigenvalue weighted by Gasteiger charge is -2.61. The van der Waals surface area contributed by atoms with Crippen molar-refractivity contribution in [3.8, 4) is 0 Å². The zero-order chi connectivity index (χ0) is 31.8. The van der Waals surface area contributed by atoms with Crippen molar-refractivity contribution in [1.82, 2.24) is 9.80 Å². The van der Waals surface area contributed by atoms with Crippen LogP contribution < -0.4 is 5.32 Å². The Hall–Kier alpha value is -2.16. The summed E-state index contributed by atoms with van der Waals surface area (Å²) < 4.78 is 16.0. The fourth-order valence-electron chi connectivity index (χ4n) is 6.24. The van der Waals surface area contributed by atoms with Gasteiger partial charge in [0, 0.05) is 40.5 Å². The number of fused-ring (bicyclic) bond motifs is 1. The van der Waals surface area contributed by atoms with E-state index in [2.05, 4.69) is 61.0 Å². The number of Topliss-reactive ketones (excluding diaryl/α,β-unsaturated/α-hetero) is 1. The Morgan fingerprint density at radius 3 is 2.07 bits per heavy atom. The number of rotatable bonds is 3. The number of ketones is 1. The molecule has 2 unspecified atom stereocenters. The third-order valence-corrected chi connectivity index (χ3v) is 8.83. The number of nitrogens with one attached hydrogen (secondary N) is 1. The SMILES string of the molecule is CC.CC.CC(=O)C1=CC(C)=CCC1(C)C.CCc1cc(C)cc2c1NC(N1CC3(CCC3)C1)N(C)C2(C)O.F.FF.[HH]. The van der Waals surface area contributed by atoms with Crippen LogP contribution in [0.25, 0.3) is 0 Å². The zero-order valence-electron chi connectivity index (χ0n) is 28.3. The molecule has 0 radical (unpaired) electrons. The van der Waals surface area contributed by atoms with Gasteiger partial charge in [0.05, 0.1) is 0 Å². The van der Waals surface area contributed by atoms with E-state index < -0.39 is 5.72 Å². The van der Waals surface area contributed by atoms with Gasteiger partial charge in [-0.05, 0) is 82.9 Å². The fourth-order valence-corrected chi connectivity index (χ4v) is 6.24. The summed E-state index contributed by atoms with van der Waals surface area (Å²) in [7, 11) is 2.03. The summed E-state index contributed by atoms with van der Waals surface area (Å²) in [6.45, 7) is 24.5. The standard InChI is InChI=1S/C19H29N3O.C11H16O.2C2H6.F2.FH.H2/c1-5-14-9-13(2)10-15-16(14)20-17(21(4)18(15,3)23)22-11-19(12-22)7-6-8-19;1-8-5-6-11(3,4)10(7-8)9(2)12;3*1-2;;/h9-10,17,20,23H,5-8,11-12H2,1-4H3;5,7H,6H2,1-4H3;2*1-2H3;;2*1H. The molecule has 0 bridgehead atoms. The topological polar surface area (TPSA) is 55.8 Å². The summed E-state index contributed by atoms with van der Waals surface area (Å²) in [5, 5.41) is 15.0. The van der Waals surface area contributed by atoms with Crippen LogP contribution in [0.3, 0.4) is 0 Å². The highest BCUT2D eigenvalue weighted by Crippen LogP contribution is 2.50. The second kappa shape index (κ2) is 16.6. The number of carbonyl (C=O) groups is 1. The van der Waals surface area contributed by atoms with Crippen LogP contribution in [0.15, 0.2) is 35.4 Å². The van der Waals surface area contributed by atoms with E-state index in [1.807, 2.05) is 54.7 Å². The molecule has 1 spiro atoms. The van der Waals surface area contributed by atoms with Crippen molar-refractivity contribution in [3.05, 3.63) is 52.1 Å². The quantitative estimate of drug-likeness (QED) is 0.363. The van der Waals surface area contributed by atoms with Crippen LogP contribution in [0.4, 0.5) is 19.5 Å². The molecular formula is C34H60F3N3O2. The van der Waals surface area contributed by atoms with Gasteiger partial charge in [0.25, 0.3) is 0 Å².